The molecule has 0 bridgehead atoms. The predicted molar refractivity (Wildman–Crippen MR) is 112 cm³/mol. The zero-order chi connectivity index (χ0) is 18.6. The lowest BCUT2D eigenvalue weighted by Crippen LogP contribution is -2.48. The van der Waals surface area contributed by atoms with Crippen molar-refractivity contribution in [3.8, 4) is 0 Å². The fourth-order valence-corrected chi connectivity index (χ4v) is 3.95. The number of nitrogens with zero attached hydrogens (tertiary/aromatic N) is 6. The number of hydrogen-bond acceptors (Lipinski definition) is 6. The normalized spacial score (nSPS) is 18.8. The summed E-state index contributed by atoms with van der Waals surface area (Å²) in [6.07, 6.45) is 1.91. The van der Waals surface area contributed by atoms with Crippen molar-refractivity contribution in [3.63, 3.8) is 0 Å². The molecule has 0 atom stereocenters. The fourth-order valence-electron chi connectivity index (χ4n) is 3.95. The molecule has 4 rings (SSSR count). The van der Waals surface area contributed by atoms with Gasteiger partial charge in [0, 0.05) is 64.2 Å². The number of anilines is 3. The summed E-state index contributed by atoms with van der Waals surface area (Å²) in [5.74, 6) is 1.94. The minimum absolute atomic E-state index is 0.870. The lowest BCUT2D eigenvalue weighted by Gasteiger charge is -2.37. The summed E-state index contributed by atoms with van der Waals surface area (Å²) in [5.41, 5.74) is 2.63. The molecule has 6 nitrogen and oxygen atoms in total. The zero-order valence-corrected chi connectivity index (χ0v) is 16.5. The molecular formula is C21H30N6. The van der Waals surface area contributed by atoms with E-state index in [0.717, 1.165) is 70.7 Å². The molecule has 1 aromatic heterocycles. The second-order valence-electron chi connectivity index (χ2n) is 7.45. The predicted octanol–water partition coefficient (Wildman–Crippen LogP) is 2.25. The molecular weight excluding hydrogens is 336 g/mol. The van der Waals surface area contributed by atoms with Crippen LogP contribution in [0.2, 0.25) is 0 Å². The number of rotatable bonds is 4. The molecule has 3 heterocycles. The van der Waals surface area contributed by atoms with E-state index in [1.165, 1.54) is 11.3 Å². The second kappa shape index (κ2) is 8.13. The zero-order valence-electron chi connectivity index (χ0n) is 16.5. The van der Waals surface area contributed by atoms with Crippen molar-refractivity contribution < 1.29 is 0 Å². The summed E-state index contributed by atoms with van der Waals surface area (Å²) >= 11 is 0. The van der Waals surface area contributed by atoms with Crippen molar-refractivity contribution in [1.29, 1.82) is 0 Å². The van der Waals surface area contributed by atoms with Gasteiger partial charge < -0.3 is 19.6 Å². The largest absolute Gasteiger partial charge is 0.368 e. The van der Waals surface area contributed by atoms with Gasteiger partial charge in [-0.3, -0.25) is 0 Å². The first-order chi connectivity index (χ1) is 13.2. The Kier molecular flexibility index (Phi) is 5.43. The van der Waals surface area contributed by atoms with Crippen LogP contribution < -0.4 is 14.7 Å². The number of aryl methyl sites for hydroxylation is 1. The summed E-state index contributed by atoms with van der Waals surface area (Å²) in [7, 11) is 0. The van der Waals surface area contributed by atoms with Crippen LogP contribution in [0.15, 0.2) is 36.5 Å². The van der Waals surface area contributed by atoms with Crippen molar-refractivity contribution in [1.82, 2.24) is 14.9 Å². The second-order valence-corrected chi connectivity index (χ2v) is 7.45. The van der Waals surface area contributed by atoms with Crippen molar-refractivity contribution in [2.75, 3.05) is 73.6 Å². The van der Waals surface area contributed by atoms with Crippen LogP contribution in [0.5, 0.6) is 0 Å². The van der Waals surface area contributed by atoms with Crippen LogP contribution in [0.4, 0.5) is 17.5 Å². The molecule has 0 amide bonds. The molecule has 0 aliphatic carbocycles. The first kappa shape index (κ1) is 18.0. The maximum absolute atomic E-state index is 4.89. The highest BCUT2D eigenvalue weighted by molar-refractivity contribution is 5.51. The van der Waals surface area contributed by atoms with E-state index in [1.54, 1.807) is 0 Å². The Morgan fingerprint density at radius 3 is 2.26 bits per heavy atom. The Balaban J connectivity index is 1.39. The van der Waals surface area contributed by atoms with Gasteiger partial charge in [0.2, 0.25) is 5.95 Å². The van der Waals surface area contributed by atoms with E-state index in [1.807, 2.05) is 12.3 Å². The van der Waals surface area contributed by atoms with Gasteiger partial charge in [-0.05, 0) is 37.2 Å². The van der Waals surface area contributed by atoms with Crippen LogP contribution in [0.3, 0.4) is 0 Å². The third kappa shape index (κ3) is 4.16. The lowest BCUT2D eigenvalue weighted by atomic mass is 10.2. The van der Waals surface area contributed by atoms with Crippen molar-refractivity contribution in [2.24, 2.45) is 0 Å². The smallest absolute Gasteiger partial charge is 0.227 e. The molecule has 0 unspecified atom stereocenters. The van der Waals surface area contributed by atoms with Crippen LogP contribution in [0, 0.1) is 6.92 Å². The first-order valence-electron chi connectivity index (χ1n) is 10.1. The summed E-state index contributed by atoms with van der Waals surface area (Å²) in [5, 5.41) is 0. The minimum Gasteiger partial charge on any atom is -0.368 e. The highest BCUT2D eigenvalue weighted by atomic mass is 15.3. The maximum atomic E-state index is 4.89. The van der Waals surface area contributed by atoms with Gasteiger partial charge in [-0.15, -0.1) is 0 Å². The quantitative estimate of drug-likeness (QED) is 0.826. The van der Waals surface area contributed by atoms with Gasteiger partial charge in [-0.25, -0.2) is 4.98 Å². The van der Waals surface area contributed by atoms with Crippen molar-refractivity contribution in [3.05, 3.63) is 42.1 Å². The molecule has 2 saturated heterocycles. The molecule has 2 aromatic rings. The number of hydrogen-bond donors (Lipinski definition) is 0. The molecule has 1 aromatic carbocycles. The van der Waals surface area contributed by atoms with Crippen LogP contribution in [0.25, 0.3) is 0 Å². The Morgan fingerprint density at radius 1 is 0.852 bits per heavy atom. The molecule has 144 valence electrons. The van der Waals surface area contributed by atoms with Crippen LogP contribution in [-0.4, -0.2) is 73.8 Å². The van der Waals surface area contributed by atoms with Gasteiger partial charge in [0.1, 0.15) is 5.82 Å². The number of benzene rings is 1. The Bertz CT molecular complexity index is 748. The standard InChI is InChI=1S/C21H30N6/c1-3-24-9-11-26(12-10-24)20-7-8-22-21(23-20)27-15-13-25(14-16-27)19-6-4-5-18(2)17-19/h4-8,17H,3,9-16H2,1-2H3. The van der Waals surface area contributed by atoms with Gasteiger partial charge in [-0.1, -0.05) is 19.1 Å². The summed E-state index contributed by atoms with van der Waals surface area (Å²) in [6.45, 7) is 13.8. The molecule has 2 fully saturated rings. The van der Waals surface area contributed by atoms with Gasteiger partial charge in [0.25, 0.3) is 0 Å². The fraction of sp³-hybridized carbons (Fsp3) is 0.524. The van der Waals surface area contributed by atoms with E-state index in [9.17, 15) is 0 Å². The third-order valence-corrected chi connectivity index (χ3v) is 5.70. The SMILES string of the molecule is CCN1CCN(c2ccnc(N3CCN(c4cccc(C)c4)CC3)n2)CC1. The average Bonchev–Trinajstić information content (AvgIpc) is 2.74. The lowest BCUT2D eigenvalue weighted by molar-refractivity contribution is 0.270. The highest BCUT2D eigenvalue weighted by Crippen LogP contribution is 2.21. The monoisotopic (exact) mass is 366 g/mol. The summed E-state index contributed by atoms with van der Waals surface area (Å²) < 4.78 is 0. The molecule has 2 aliphatic rings. The van der Waals surface area contributed by atoms with Crippen LogP contribution >= 0.6 is 0 Å². The van der Waals surface area contributed by atoms with Crippen molar-refractivity contribution >= 4 is 17.5 Å². The van der Waals surface area contributed by atoms with E-state index < -0.39 is 0 Å². The van der Waals surface area contributed by atoms with E-state index >= 15 is 0 Å². The van der Waals surface area contributed by atoms with Gasteiger partial charge in [-0.2, -0.15) is 4.98 Å². The minimum atomic E-state index is 0.870. The van der Waals surface area contributed by atoms with Crippen molar-refractivity contribution in [2.45, 2.75) is 13.8 Å². The number of aromatic nitrogens is 2. The molecule has 0 spiro atoms. The topological polar surface area (TPSA) is 38.7 Å². The molecule has 6 heteroatoms. The van der Waals surface area contributed by atoms with Gasteiger partial charge in [0.05, 0.1) is 0 Å². The molecule has 27 heavy (non-hydrogen) atoms. The Hall–Kier alpha value is -2.34. The highest BCUT2D eigenvalue weighted by Gasteiger charge is 2.21. The summed E-state index contributed by atoms with van der Waals surface area (Å²) in [4.78, 5) is 19.1. The molecule has 2 aliphatic heterocycles. The molecule has 0 N–H and O–H groups in total. The van der Waals surface area contributed by atoms with E-state index in [4.69, 9.17) is 4.98 Å². The first-order valence-corrected chi connectivity index (χ1v) is 10.1. The van der Waals surface area contributed by atoms with Gasteiger partial charge in [0.15, 0.2) is 0 Å². The van der Waals surface area contributed by atoms with E-state index in [0.29, 0.717) is 0 Å². The summed E-state index contributed by atoms with van der Waals surface area (Å²) in [6, 6.07) is 10.8. The average molecular weight is 367 g/mol. The number of piperazine rings is 2. The molecule has 0 radical (unpaired) electrons. The number of likely N-dealkylation sites (N-methyl/N-ethyl adjacent to an activating group) is 1. The third-order valence-electron chi connectivity index (χ3n) is 5.70. The Labute approximate surface area is 162 Å². The maximum Gasteiger partial charge on any atom is 0.227 e. The van der Waals surface area contributed by atoms with Crippen LogP contribution in [-0.2, 0) is 0 Å². The van der Waals surface area contributed by atoms with Gasteiger partial charge >= 0.3 is 0 Å². The van der Waals surface area contributed by atoms with Crippen LogP contribution in [0.1, 0.15) is 12.5 Å². The molecule has 0 saturated carbocycles. The Morgan fingerprint density at radius 2 is 1.56 bits per heavy atom. The van der Waals surface area contributed by atoms with E-state index in [-0.39, 0.29) is 0 Å². The van der Waals surface area contributed by atoms with E-state index in [2.05, 4.69) is 62.7 Å².